The molecular weight excluding hydrogens is 504 g/mol. The number of nitrogens with zero attached hydrogens (tertiary/aromatic N) is 4. The van der Waals surface area contributed by atoms with Crippen LogP contribution < -0.4 is 5.32 Å². The number of hydrogen-bond acceptors (Lipinski definition) is 6. The molecule has 0 unspecified atom stereocenters. The Hall–Kier alpha value is -3.18. The lowest BCUT2D eigenvalue weighted by Crippen LogP contribution is -2.48. The van der Waals surface area contributed by atoms with Gasteiger partial charge in [-0.3, -0.25) is 24.9 Å². The maximum absolute atomic E-state index is 13.5. The number of anilines is 1. The van der Waals surface area contributed by atoms with Gasteiger partial charge < -0.3 is 10.8 Å². The lowest BCUT2D eigenvalue weighted by Gasteiger charge is -2.39. The van der Waals surface area contributed by atoms with Crippen molar-refractivity contribution < 1.29 is 19.2 Å². The number of benzene rings is 2. The van der Waals surface area contributed by atoms with E-state index in [9.17, 15) is 18.9 Å². The van der Waals surface area contributed by atoms with Crippen LogP contribution in [0.5, 0.6) is 0 Å². The van der Waals surface area contributed by atoms with E-state index in [1.165, 1.54) is 24.3 Å². The molecular formula is C26H32ClF2N5O3. The summed E-state index contributed by atoms with van der Waals surface area (Å²) in [7, 11) is 0. The molecule has 0 radical (unpaired) electrons. The highest BCUT2D eigenvalue weighted by atomic mass is 35.5. The van der Waals surface area contributed by atoms with Gasteiger partial charge in [0, 0.05) is 45.0 Å². The van der Waals surface area contributed by atoms with Gasteiger partial charge in [-0.05, 0) is 55.3 Å². The van der Waals surface area contributed by atoms with Crippen LogP contribution >= 0.6 is 12.4 Å². The normalized spacial score (nSPS) is 14.1. The molecule has 3 N–H and O–H groups in total. The summed E-state index contributed by atoms with van der Waals surface area (Å²) in [6.45, 7) is 7.98. The van der Waals surface area contributed by atoms with E-state index in [0.29, 0.717) is 17.9 Å². The first-order valence-corrected chi connectivity index (χ1v) is 11.7. The number of rotatable bonds is 8. The number of nitro groups is 1. The van der Waals surface area contributed by atoms with E-state index >= 15 is 0 Å². The van der Waals surface area contributed by atoms with Crippen LogP contribution in [0.25, 0.3) is 0 Å². The van der Waals surface area contributed by atoms with Gasteiger partial charge in [0.1, 0.15) is 23.0 Å². The van der Waals surface area contributed by atoms with Gasteiger partial charge in [0.2, 0.25) is 0 Å². The van der Waals surface area contributed by atoms with Crippen LogP contribution in [0.1, 0.15) is 28.6 Å². The molecule has 1 saturated heterocycles. The molecule has 1 aliphatic heterocycles. The fourth-order valence-electron chi connectivity index (χ4n) is 4.69. The highest BCUT2D eigenvalue weighted by Gasteiger charge is 2.27. The molecule has 11 heteroatoms. The Morgan fingerprint density at radius 2 is 1.49 bits per heavy atom. The van der Waals surface area contributed by atoms with Gasteiger partial charge in [-0.25, -0.2) is 8.78 Å². The molecule has 3 aromatic rings. The lowest BCUT2D eigenvalue weighted by molar-refractivity contribution is -0.384. The van der Waals surface area contributed by atoms with Gasteiger partial charge >= 0.3 is 5.69 Å². The molecule has 1 aromatic heterocycles. The van der Waals surface area contributed by atoms with E-state index in [1.807, 2.05) is 6.92 Å². The Balaban J connectivity index is 0.00000241. The van der Waals surface area contributed by atoms with Crippen LogP contribution in [-0.4, -0.2) is 64.5 Å². The third-order valence-corrected chi connectivity index (χ3v) is 6.36. The third-order valence-electron chi connectivity index (χ3n) is 6.36. The Morgan fingerprint density at radius 3 is 1.97 bits per heavy atom. The third kappa shape index (κ3) is 7.42. The van der Waals surface area contributed by atoms with Crippen LogP contribution in [-0.2, 0) is 0 Å². The number of aromatic nitrogens is 1. The SMILES string of the molecule is Cc1cc(NCCN2CCN(C(c3ccc(F)cc3)c3ccc(F)cc3)CC2)c([N+](=O)[O-])c(C)n1.Cl.O. The number of pyridine rings is 1. The van der Waals surface area contributed by atoms with E-state index in [0.717, 1.165) is 49.5 Å². The van der Waals surface area contributed by atoms with Crippen molar-refractivity contribution in [3.05, 3.63) is 98.9 Å². The number of aryl methyl sites for hydroxylation is 2. The van der Waals surface area contributed by atoms with Gasteiger partial charge in [-0.15, -0.1) is 12.4 Å². The summed E-state index contributed by atoms with van der Waals surface area (Å²) in [5.74, 6) is -0.576. The first-order valence-electron chi connectivity index (χ1n) is 11.7. The predicted octanol–water partition coefficient (Wildman–Crippen LogP) is 4.30. The average molecular weight is 536 g/mol. The lowest BCUT2D eigenvalue weighted by atomic mass is 9.96. The Labute approximate surface area is 221 Å². The highest BCUT2D eigenvalue weighted by molar-refractivity contribution is 5.85. The van der Waals surface area contributed by atoms with Crippen LogP contribution in [0.3, 0.4) is 0 Å². The van der Waals surface area contributed by atoms with E-state index in [-0.39, 0.29) is 41.2 Å². The fraction of sp³-hybridized carbons (Fsp3) is 0.346. The molecule has 0 aliphatic carbocycles. The van der Waals surface area contributed by atoms with Gasteiger partial charge in [0.25, 0.3) is 0 Å². The van der Waals surface area contributed by atoms with Gasteiger partial charge in [-0.1, -0.05) is 24.3 Å². The molecule has 1 fully saturated rings. The summed E-state index contributed by atoms with van der Waals surface area (Å²) < 4.78 is 27.1. The van der Waals surface area contributed by atoms with Crippen molar-refractivity contribution >= 4 is 23.8 Å². The van der Waals surface area contributed by atoms with Gasteiger partial charge in [0.05, 0.1) is 11.0 Å². The zero-order chi connectivity index (χ0) is 24.9. The van der Waals surface area contributed by atoms with Crippen LogP contribution in [0.2, 0.25) is 0 Å². The Kier molecular flexibility index (Phi) is 10.9. The first-order chi connectivity index (χ1) is 16.8. The monoisotopic (exact) mass is 535 g/mol. The molecule has 0 atom stereocenters. The molecule has 4 rings (SSSR count). The summed E-state index contributed by atoms with van der Waals surface area (Å²) in [5, 5.41) is 14.7. The number of hydrogen-bond donors (Lipinski definition) is 1. The highest BCUT2D eigenvalue weighted by Crippen LogP contribution is 2.30. The molecule has 1 aliphatic rings. The van der Waals surface area contributed by atoms with E-state index in [2.05, 4.69) is 20.1 Å². The first kappa shape index (κ1) is 30.0. The zero-order valence-electron chi connectivity index (χ0n) is 20.8. The van der Waals surface area contributed by atoms with Crippen LogP contribution in [0.4, 0.5) is 20.2 Å². The van der Waals surface area contributed by atoms with Gasteiger partial charge in [-0.2, -0.15) is 0 Å². The van der Waals surface area contributed by atoms with Crippen molar-refractivity contribution in [3.8, 4) is 0 Å². The van der Waals surface area contributed by atoms with Gasteiger partial charge in [0.15, 0.2) is 0 Å². The van der Waals surface area contributed by atoms with Crippen molar-refractivity contribution in [3.63, 3.8) is 0 Å². The predicted molar refractivity (Wildman–Crippen MR) is 142 cm³/mol. The maximum atomic E-state index is 13.5. The van der Waals surface area contributed by atoms with Crippen molar-refractivity contribution in [2.24, 2.45) is 0 Å². The van der Waals surface area contributed by atoms with Crippen molar-refractivity contribution in [1.82, 2.24) is 14.8 Å². The second-order valence-corrected chi connectivity index (χ2v) is 8.81. The minimum Gasteiger partial charge on any atom is -0.412 e. The zero-order valence-corrected chi connectivity index (χ0v) is 21.6. The fourth-order valence-corrected chi connectivity index (χ4v) is 4.69. The molecule has 0 amide bonds. The minimum atomic E-state index is -0.395. The maximum Gasteiger partial charge on any atom is 0.313 e. The molecule has 0 bridgehead atoms. The summed E-state index contributed by atoms with van der Waals surface area (Å²) in [4.78, 5) is 19.9. The quantitative estimate of drug-likeness (QED) is 0.340. The average Bonchev–Trinajstić information content (AvgIpc) is 2.82. The number of halogens is 3. The summed E-state index contributed by atoms with van der Waals surface area (Å²) >= 11 is 0. The summed E-state index contributed by atoms with van der Waals surface area (Å²) in [6, 6.07) is 14.6. The molecule has 2 aromatic carbocycles. The Morgan fingerprint density at radius 1 is 0.973 bits per heavy atom. The molecule has 200 valence electrons. The minimum absolute atomic E-state index is 0. The van der Waals surface area contributed by atoms with Crippen molar-refractivity contribution in [2.75, 3.05) is 44.6 Å². The molecule has 37 heavy (non-hydrogen) atoms. The number of piperazine rings is 1. The standard InChI is InChI=1S/C26H29F2N5O2.ClH.H2O/c1-18-17-24(25(33(34)35)19(2)30-18)29-11-12-31-13-15-32(16-14-31)26(20-3-7-22(27)8-4-20)21-5-9-23(28)10-6-21;;/h3-10,17,26H,11-16H2,1-2H3,(H,29,30);1H;1H2. The smallest absolute Gasteiger partial charge is 0.313 e. The molecule has 2 heterocycles. The van der Waals surface area contributed by atoms with Crippen molar-refractivity contribution in [2.45, 2.75) is 19.9 Å². The van der Waals surface area contributed by atoms with E-state index in [1.54, 1.807) is 37.3 Å². The molecule has 0 spiro atoms. The van der Waals surface area contributed by atoms with Crippen LogP contribution in [0.15, 0.2) is 54.6 Å². The largest absolute Gasteiger partial charge is 0.412 e. The number of nitrogens with one attached hydrogen (secondary N) is 1. The summed E-state index contributed by atoms with van der Waals surface area (Å²) in [5.41, 5.74) is 3.57. The summed E-state index contributed by atoms with van der Waals surface area (Å²) in [6.07, 6.45) is 0. The molecule has 0 saturated carbocycles. The topological polar surface area (TPSA) is 106 Å². The Bertz CT molecular complexity index is 1130. The van der Waals surface area contributed by atoms with Crippen molar-refractivity contribution in [1.29, 1.82) is 0 Å². The van der Waals surface area contributed by atoms with E-state index < -0.39 is 4.92 Å². The second-order valence-electron chi connectivity index (χ2n) is 8.81. The van der Waals surface area contributed by atoms with E-state index in [4.69, 9.17) is 0 Å². The van der Waals surface area contributed by atoms with Crippen LogP contribution in [0, 0.1) is 35.6 Å². The molecule has 8 nitrogen and oxygen atoms in total. The second kappa shape index (κ2) is 13.4.